The average molecular weight is 386 g/mol. The van der Waals surface area contributed by atoms with E-state index < -0.39 is 5.97 Å². The molecule has 0 bridgehead atoms. The van der Waals surface area contributed by atoms with Crippen molar-refractivity contribution in [3.8, 4) is 11.5 Å². The maximum Gasteiger partial charge on any atom is 0.313 e. The van der Waals surface area contributed by atoms with E-state index in [1.165, 1.54) is 17.8 Å². The van der Waals surface area contributed by atoms with Crippen molar-refractivity contribution < 1.29 is 24.2 Å². The van der Waals surface area contributed by atoms with Crippen molar-refractivity contribution in [2.45, 2.75) is 12.7 Å². The molecule has 0 amide bonds. The Morgan fingerprint density at radius 1 is 1.15 bits per heavy atom. The van der Waals surface area contributed by atoms with E-state index in [1.54, 1.807) is 31.4 Å². The molecule has 2 aromatic carbocycles. The van der Waals surface area contributed by atoms with E-state index in [0.717, 1.165) is 16.9 Å². The highest BCUT2D eigenvalue weighted by Gasteiger charge is 2.10. The number of rotatable bonds is 10. The lowest BCUT2D eigenvalue weighted by Crippen LogP contribution is -2.01. The molecule has 0 radical (unpaired) electrons. The maximum absolute atomic E-state index is 12.6. The molecule has 0 heterocycles. The fourth-order valence-electron chi connectivity index (χ4n) is 2.46. The van der Waals surface area contributed by atoms with E-state index in [0.29, 0.717) is 23.7 Å². The molecule has 2 aromatic rings. The van der Waals surface area contributed by atoms with Gasteiger partial charge in [-0.3, -0.25) is 9.59 Å². The number of para-hydroxylation sites is 1. The lowest BCUT2D eigenvalue weighted by Gasteiger charge is -2.09. The molecule has 0 fully saturated rings. The van der Waals surface area contributed by atoms with Gasteiger partial charge in [0.1, 0.15) is 11.5 Å². The number of aliphatic carboxylic acids is 1. The van der Waals surface area contributed by atoms with Crippen LogP contribution in [0, 0.1) is 0 Å². The highest BCUT2D eigenvalue weighted by molar-refractivity contribution is 7.99. The number of carboxylic acid groups (broad SMARTS) is 1. The van der Waals surface area contributed by atoms with E-state index in [1.807, 2.05) is 31.2 Å². The molecule has 2 rings (SSSR count). The summed E-state index contributed by atoms with van der Waals surface area (Å²) in [6, 6.07) is 12.7. The number of carboxylic acids is 1. The smallest absolute Gasteiger partial charge is 0.313 e. The molecule has 0 aliphatic rings. The minimum atomic E-state index is -0.873. The molecule has 1 N–H and O–H groups in total. The molecule has 5 nitrogen and oxygen atoms in total. The van der Waals surface area contributed by atoms with Crippen molar-refractivity contribution in [2.24, 2.45) is 0 Å². The van der Waals surface area contributed by atoms with Crippen molar-refractivity contribution in [1.82, 2.24) is 0 Å². The van der Waals surface area contributed by atoms with Gasteiger partial charge in [0.15, 0.2) is 5.78 Å². The van der Waals surface area contributed by atoms with Gasteiger partial charge in [0.05, 0.1) is 19.5 Å². The summed E-state index contributed by atoms with van der Waals surface area (Å²) in [5, 5.41) is 8.77. The van der Waals surface area contributed by atoms with Crippen molar-refractivity contribution in [3.63, 3.8) is 0 Å². The largest absolute Gasteiger partial charge is 0.496 e. The molecule has 6 heteroatoms. The molecule has 0 aliphatic heterocycles. The van der Waals surface area contributed by atoms with Gasteiger partial charge >= 0.3 is 5.97 Å². The van der Waals surface area contributed by atoms with Gasteiger partial charge in [-0.05, 0) is 43.3 Å². The zero-order valence-corrected chi connectivity index (χ0v) is 16.1. The van der Waals surface area contributed by atoms with Crippen LogP contribution >= 0.6 is 11.8 Å². The summed E-state index contributed by atoms with van der Waals surface area (Å²) in [5.74, 6) is 0.790. The summed E-state index contributed by atoms with van der Waals surface area (Å²) >= 11 is 1.26. The molecule has 0 saturated heterocycles. The van der Waals surface area contributed by atoms with Crippen molar-refractivity contribution >= 4 is 29.6 Å². The lowest BCUT2D eigenvalue weighted by molar-refractivity contribution is -0.133. The molecule has 142 valence electrons. The number of methoxy groups -OCH3 is 1. The van der Waals surface area contributed by atoms with Crippen LogP contribution in [0.15, 0.2) is 48.5 Å². The SMILES string of the molecule is CCOc1ccccc1/C=C/C(=O)c1ccc(OC)c(CSCC(=O)O)c1. The average Bonchev–Trinajstić information content (AvgIpc) is 2.67. The molecule has 0 saturated carbocycles. The van der Waals surface area contributed by atoms with Gasteiger partial charge in [-0.25, -0.2) is 0 Å². The summed E-state index contributed by atoms with van der Waals surface area (Å²) < 4.78 is 10.9. The number of allylic oxidation sites excluding steroid dienone is 1. The van der Waals surface area contributed by atoms with Crippen LogP contribution in [0.5, 0.6) is 11.5 Å². The second-order valence-corrected chi connectivity index (χ2v) is 6.57. The number of carbonyl (C=O) groups excluding carboxylic acids is 1. The lowest BCUT2D eigenvalue weighted by atomic mass is 10.1. The van der Waals surface area contributed by atoms with E-state index in [4.69, 9.17) is 14.6 Å². The molecular formula is C21H22O5S. The van der Waals surface area contributed by atoms with Crippen LogP contribution in [-0.4, -0.2) is 36.3 Å². The predicted octanol–water partition coefficient (Wildman–Crippen LogP) is 4.31. The third-order valence-corrected chi connectivity index (χ3v) is 4.65. The highest BCUT2D eigenvalue weighted by atomic mass is 32.2. The van der Waals surface area contributed by atoms with Crippen molar-refractivity contribution in [2.75, 3.05) is 19.5 Å². The molecule has 27 heavy (non-hydrogen) atoms. The first-order valence-corrected chi connectivity index (χ1v) is 9.61. The van der Waals surface area contributed by atoms with Crippen LogP contribution in [0.25, 0.3) is 6.08 Å². The molecule has 0 unspecified atom stereocenters. The van der Waals surface area contributed by atoms with Crippen LogP contribution in [0.1, 0.15) is 28.4 Å². The zero-order valence-electron chi connectivity index (χ0n) is 15.3. The first kappa shape index (κ1) is 20.6. The van der Waals surface area contributed by atoms with Gasteiger partial charge in [0.25, 0.3) is 0 Å². The van der Waals surface area contributed by atoms with Crippen molar-refractivity contribution in [3.05, 3.63) is 65.2 Å². The molecule has 0 aliphatic carbocycles. The van der Waals surface area contributed by atoms with Gasteiger partial charge in [0, 0.05) is 22.4 Å². The van der Waals surface area contributed by atoms with Crippen LogP contribution in [0.3, 0.4) is 0 Å². The van der Waals surface area contributed by atoms with E-state index in [2.05, 4.69) is 0 Å². The first-order valence-electron chi connectivity index (χ1n) is 8.45. The molecule has 0 spiro atoms. The number of ketones is 1. The Morgan fingerprint density at radius 2 is 1.93 bits per heavy atom. The highest BCUT2D eigenvalue weighted by Crippen LogP contribution is 2.25. The maximum atomic E-state index is 12.6. The molecular weight excluding hydrogens is 364 g/mol. The standard InChI is InChI=1S/C21H22O5S/c1-3-26-20-7-5-4-6-15(20)8-10-18(22)16-9-11-19(25-2)17(12-16)13-27-14-21(23)24/h4-12H,3,13-14H2,1-2H3,(H,23,24)/b10-8+. The number of ether oxygens (including phenoxy) is 2. The van der Waals surface area contributed by atoms with Crippen LogP contribution in [0.2, 0.25) is 0 Å². The Labute approximate surface area is 163 Å². The Kier molecular flexibility index (Phi) is 7.95. The fourth-order valence-corrected chi connectivity index (χ4v) is 3.18. The normalized spacial score (nSPS) is 10.7. The van der Waals surface area contributed by atoms with Crippen LogP contribution < -0.4 is 9.47 Å². The van der Waals surface area contributed by atoms with E-state index >= 15 is 0 Å². The summed E-state index contributed by atoms with van der Waals surface area (Å²) in [5.41, 5.74) is 2.14. The topological polar surface area (TPSA) is 72.8 Å². The number of benzene rings is 2. The summed E-state index contributed by atoms with van der Waals surface area (Å²) in [6.07, 6.45) is 3.24. The number of carbonyl (C=O) groups is 2. The Hall–Kier alpha value is -2.73. The quantitative estimate of drug-likeness (QED) is 0.485. The Morgan fingerprint density at radius 3 is 2.63 bits per heavy atom. The summed E-state index contributed by atoms with van der Waals surface area (Å²) in [7, 11) is 1.55. The second-order valence-electron chi connectivity index (χ2n) is 5.58. The Balaban J connectivity index is 2.17. The van der Waals surface area contributed by atoms with Crippen LogP contribution in [-0.2, 0) is 10.5 Å². The predicted molar refractivity (Wildman–Crippen MR) is 108 cm³/mol. The Bertz CT molecular complexity index is 829. The first-order chi connectivity index (χ1) is 13.0. The monoisotopic (exact) mass is 386 g/mol. The number of thioether (sulfide) groups is 1. The number of hydrogen-bond acceptors (Lipinski definition) is 5. The van der Waals surface area contributed by atoms with Gasteiger partial charge in [0.2, 0.25) is 0 Å². The molecule has 0 aromatic heterocycles. The van der Waals surface area contributed by atoms with E-state index in [-0.39, 0.29) is 11.5 Å². The van der Waals surface area contributed by atoms with Crippen LogP contribution in [0.4, 0.5) is 0 Å². The van der Waals surface area contributed by atoms with Gasteiger partial charge in [-0.15, -0.1) is 11.8 Å². The fraction of sp³-hybridized carbons (Fsp3) is 0.238. The zero-order chi connectivity index (χ0) is 19.6. The van der Waals surface area contributed by atoms with Crippen molar-refractivity contribution in [1.29, 1.82) is 0 Å². The summed E-state index contributed by atoms with van der Waals surface area (Å²) in [4.78, 5) is 23.2. The minimum Gasteiger partial charge on any atom is -0.496 e. The van der Waals surface area contributed by atoms with Gasteiger partial charge < -0.3 is 14.6 Å². The second kappa shape index (κ2) is 10.4. The molecule has 0 atom stereocenters. The minimum absolute atomic E-state index is 0.00452. The number of hydrogen-bond donors (Lipinski definition) is 1. The van der Waals surface area contributed by atoms with Gasteiger partial charge in [-0.1, -0.05) is 18.2 Å². The third kappa shape index (κ3) is 6.18. The van der Waals surface area contributed by atoms with E-state index in [9.17, 15) is 9.59 Å². The van der Waals surface area contributed by atoms with Gasteiger partial charge in [-0.2, -0.15) is 0 Å². The summed E-state index contributed by atoms with van der Waals surface area (Å²) in [6.45, 7) is 2.46. The third-order valence-electron chi connectivity index (χ3n) is 3.68.